The first-order chi connectivity index (χ1) is 15.7. The molecule has 0 aliphatic carbocycles. The summed E-state index contributed by atoms with van der Waals surface area (Å²) in [5.41, 5.74) is 7.17. The highest BCUT2D eigenvalue weighted by molar-refractivity contribution is 6.17. The number of nitro benzene ring substituents is 1. The highest BCUT2D eigenvalue weighted by atomic mass is 16.6. The third-order valence-corrected chi connectivity index (χ3v) is 6.10. The van der Waals surface area contributed by atoms with Crippen molar-refractivity contribution < 1.29 is 4.92 Å². The molecule has 5 aromatic carbocycles. The highest BCUT2D eigenvalue weighted by Crippen LogP contribution is 2.52. The molecule has 4 nitrogen and oxygen atoms in total. The van der Waals surface area contributed by atoms with Crippen LogP contribution in [0.15, 0.2) is 109 Å². The van der Waals surface area contributed by atoms with Gasteiger partial charge in [-0.2, -0.15) is 0 Å². The molecule has 0 radical (unpaired) electrons. The highest BCUT2D eigenvalue weighted by Gasteiger charge is 2.27. The predicted octanol–water partition coefficient (Wildman–Crippen LogP) is 7.87. The number of hydrogen-bond donors (Lipinski definition) is 0. The number of hydrogen-bond acceptors (Lipinski definition) is 3. The van der Waals surface area contributed by atoms with Crippen LogP contribution in [0.1, 0.15) is 0 Å². The summed E-state index contributed by atoms with van der Waals surface area (Å²) in [5.74, 6) is 0. The molecule has 0 atom stereocenters. The van der Waals surface area contributed by atoms with Crippen LogP contribution in [0.3, 0.4) is 0 Å². The first-order valence-corrected chi connectivity index (χ1v) is 10.5. The standard InChI is InChI=1S/C28H18N2O2/c31-30(32)26-16-7-5-11-21(26)20-17-18-27-28-23(20)13-8-14-24(28)22-12-4-6-15-25(22)29(27)19-9-2-1-3-10-19/h1-18H. The summed E-state index contributed by atoms with van der Waals surface area (Å²) in [4.78, 5) is 13.7. The van der Waals surface area contributed by atoms with Crippen LogP contribution in [0.4, 0.5) is 22.7 Å². The summed E-state index contributed by atoms with van der Waals surface area (Å²) in [7, 11) is 0. The fraction of sp³-hybridized carbons (Fsp3) is 0. The Morgan fingerprint density at radius 3 is 2.06 bits per heavy atom. The van der Waals surface area contributed by atoms with E-state index < -0.39 is 0 Å². The molecular formula is C28H18N2O2. The molecule has 0 saturated carbocycles. The van der Waals surface area contributed by atoms with Gasteiger partial charge in [0.15, 0.2) is 0 Å². The lowest BCUT2D eigenvalue weighted by atomic mass is 9.87. The molecule has 0 spiro atoms. The van der Waals surface area contributed by atoms with E-state index in [1.807, 2.05) is 42.5 Å². The summed E-state index contributed by atoms with van der Waals surface area (Å²) >= 11 is 0. The number of nitro groups is 1. The average molecular weight is 414 g/mol. The molecule has 5 aromatic rings. The fourth-order valence-corrected chi connectivity index (χ4v) is 4.78. The van der Waals surface area contributed by atoms with Crippen LogP contribution in [0, 0.1) is 10.1 Å². The van der Waals surface area contributed by atoms with Crippen molar-refractivity contribution in [3.63, 3.8) is 0 Å². The first kappa shape index (κ1) is 18.3. The third kappa shape index (κ3) is 2.63. The zero-order chi connectivity index (χ0) is 21.7. The van der Waals surface area contributed by atoms with E-state index in [1.165, 1.54) is 0 Å². The van der Waals surface area contributed by atoms with E-state index >= 15 is 0 Å². The monoisotopic (exact) mass is 414 g/mol. The molecule has 0 amide bonds. The Morgan fingerprint density at radius 2 is 1.25 bits per heavy atom. The SMILES string of the molecule is O=[N+]([O-])c1ccccc1-c1ccc2c3c(cccc13)-c1ccccc1N2c1ccccc1. The molecular weight excluding hydrogens is 396 g/mol. The van der Waals surface area contributed by atoms with Gasteiger partial charge in [-0.25, -0.2) is 0 Å². The van der Waals surface area contributed by atoms with E-state index in [0.29, 0.717) is 5.56 Å². The van der Waals surface area contributed by atoms with Gasteiger partial charge in [-0.3, -0.25) is 10.1 Å². The maximum Gasteiger partial charge on any atom is 0.277 e. The molecule has 6 rings (SSSR count). The Morgan fingerprint density at radius 1 is 0.562 bits per heavy atom. The quantitative estimate of drug-likeness (QED) is 0.219. The number of fused-ring (bicyclic) bond motifs is 2. The Kier molecular flexibility index (Phi) is 4.05. The number of para-hydroxylation sites is 3. The van der Waals surface area contributed by atoms with E-state index in [2.05, 4.69) is 59.5 Å². The number of rotatable bonds is 3. The van der Waals surface area contributed by atoms with E-state index in [1.54, 1.807) is 12.1 Å². The van der Waals surface area contributed by atoms with Gasteiger partial charge in [0.05, 0.1) is 21.9 Å². The van der Waals surface area contributed by atoms with Gasteiger partial charge >= 0.3 is 0 Å². The molecule has 152 valence electrons. The zero-order valence-electron chi connectivity index (χ0n) is 17.1. The Bertz CT molecular complexity index is 1510. The molecule has 0 saturated heterocycles. The van der Waals surface area contributed by atoms with Crippen molar-refractivity contribution in [1.82, 2.24) is 0 Å². The average Bonchev–Trinajstić information content (AvgIpc) is 2.85. The lowest BCUT2D eigenvalue weighted by molar-refractivity contribution is -0.384. The zero-order valence-corrected chi connectivity index (χ0v) is 17.1. The number of benzene rings is 5. The molecule has 4 heteroatoms. The Balaban J connectivity index is 1.72. The summed E-state index contributed by atoms with van der Waals surface area (Å²) in [6, 6.07) is 36.0. The van der Waals surface area contributed by atoms with Crippen LogP contribution in [-0.4, -0.2) is 4.92 Å². The molecule has 1 aliphatic heterocycles. The van der Waals surface area contributed by atoms with Gasteiger partial charge in [0.2, 0.25) is 0 Å². The van der Waals surface area contributed by atoms with Gasteiger partial charge in [0.1, 0.15) is 0 Å². The van der Waals surface area contributed by atoms with E-state index in [-0.39, 0.29) is 10.6 Å². The van der Waals surface area contributed by atoms with Crippen molar-refractivity contribution >= 4 is 33.5 Å². The normalized spacial score (nSPS) is 11.9. The summed E-state index contributed by atoms with van der Waals surface area (Å²) in [6.07, 6.45) is 0. The van der Waals surface area contributed by atoms with Gasteiger partial charge in [-0.1, -0.05) is 72.8 Å². The molecule has 0 N–H and O–H groups in total. The van der Waals surface area contributed by atoms with Crippen LogP contribution in [0.5, 0.6) is 0 Å². The predicted molar refractivity (Wildman–Crippen MR) is 130 cm³/mol. The number of anilines is 3. The maximum atomic E-state index is 11.7. The van der Waals surface area contributed by atoms with Crippen LogP contribution < -0.4 is 4.90 Å². The van der Waals surface area contributed by atoms with Crippen molar-refractivity contribution in [2.75, 3.05) is 4.90 Å². The Labute approximate surface area is 185 Å². The Hall–Kier alpha value is -4.44. The fourth-order valence-electron chi connectivity index (χ4n) is 4.78. The molecule has 1 heterocycles. The second-order valence-electron chi connectivity index (χ2n) is 7.82. The van der Waals surface area contributed by atoms with Gasteiger partial charge in [0.25, 0.3) is 5.69 Å². The van der Waals surface area contributed by atoms with Crippen LogP contribution in [0.2, 0.25) is 0 Å². The van der Waals surface area contributed by atoms with Crippen LogP contribution in [0.25, 0.3) is 33.0 Å². The molecule has 0 bridgehead atoms. The largest absolute Gasteiger partial charge is 0.309 e. The van der Waals surface area contributed by atoms with Gasteiger partial charge < -0.3 is 4.90 Å². The van der Waals surface area contributed by atoms with Crippen molar-refractivity contribution in [3.05, 3.63) is 119 Å². The van der Waals surface area contributed by atoms with Crippen molar-refractivity contribution in [1.29, 1.82) is 0 Å². The topological polar surface area (TPSA) is 46.4 Å². The van der Waals surface area contributed by atoms with Gasteiger partial charge in [0, 0.05) is 22.7 Å². The summed E-state index contributed by atoms with van der Waals surface area (Å²) in [6.45, 7) is 0. The van der Waals surface area contributed by atoms with Crippen LogP contribution >= 0.6 is 0 Å². The second kappa shape index (κ2) is 7.06. The van der Waals surface area contributed by atoms with Crippen LogP contribution in [-0.2, 0) is 0 Å². The number of nitrogens with zero attached hydrogens (tertiary/aromatic N) is 2. The van der Waals surface area contributed by atoms with Gasteiger partial charge in [-0.15, -0.1) is 0 Å². The van der Waals surface area contributed by atoms with Gasteiger partial charge in [-0.05, 0) is 46.8 Å². The smallest absolute Gasteiger partial charge is 0.277 e. The van der Waals surface area contributed by atoms with Crippen molar-refractivity contribution in [2.45, 2.75) is 0 Å². The van der Waals surface area contributed by atoms with E-state index in [4.69, 9.17) is 0 Å². The minimum absolute atomic E-state index is 0.115. The van der Waals surface area contributed by atoms with E-state index in [0.717, 1.165) is 44.5 Å². The summed E-state index contributed by atoms with van der Waals surface area (Å²) in [5, 5.41) is 13.8. The molecule has 0 fully saturated rings. The minimum atomic E-state index is -0.309. The minimum Gasteiger partial charge on any atom is -0.309 e. The van der Waals surface area contributed by atoms with Crippen molar-refractivity contribution in [2.24, 2.45) is 0 Å². The summed E-state index contributed by atoms with van der Waals surface area (Å²) < 4.78 is 0. The lowest BCUT2D eigenvalue weighted by Gasteiger charge is -2.34. The van der Waals surface area contributed by atoms with Crippen molar-refractivity contribution in [3.8, 4) is 22.3 Å². The molecule has 0 unspecified atom stereocenters. The first-order valence-electron chi connectivity index (χ1n) is 10.5. The van der Waals surface area contributed by atoms with E-state index in [9.17, 15) is 10.1 Å². The lowest BCUT2D eigenvalue weighted by Crippen LogP contribution is -2.15. The molecule has 32 heavy (non-hydrogen) atoms. The third-order valence-electron chi connectivity index (χ3n) is 6.10. The second-order valence-corrected chi connectivity index (χ2v) is 7.82. The maximum absolute atomic E-state index is 11.7. The molecule has 1 aliphatic rings. The molecule has 0 aromatic heterocycles.